The van der Waals surface area contributed by atoms with Gasteiger partial charge in [-0.25, -0.2) is 9.59 Å². The monoisotopic (exact) mass is 274 g/mol. The highest BCUT2D eigenvalue weighted by atomic mass is 16.4. The Labute approximate surface area is 112 Å². The van der Waals surface area contributed by atoms with E-state index in [4.69, 9.17) is 5.11 Å². The molecular weight excluding hydrogens is 252 g/mol. The average molecular weight is 274 g/mol. The minimum absolute atomic E-state index is 0.0260. The predicted molar refractivity (Wildman–Crippen MR) is 69.9 cm³/mol. The van der Waals surface area contributed by atoms with Crippen molar-refractivity contribution >= 4 is 18.0 Å². The molecule has 0 spiro atoms. The standard InChI is InChI=1S/C11H22N4O4/c1-11(2,8(16)17)7-14-9(18)12-5-6-13-10(19)15(3)4/h5-7H2,1-4H3,(H,13,19)(H,16,17)(H2,12,14,18). The summed E-state index contributed by atoms with van der Waals surface area (Å²) in [5.74, 6) is -0.981. The van der Waals surface area contributed by atoms with Gasteiger partial charge in [0.2, 0.25) is 0 Å². The van der Waals surface area contributed by atoms with Crippen LogP contribution in [-0.2, 0) is 4.79 Å². The number of nitrogens with zero attached hydrogens (tertiary/aromatic N) is 1. The second kappa shape index (κ2) is 7.45. The van der Waals surface area contributed by atoms with E-state index in [1.807, 2.05) is 0 Å². The molecule has 8 heteroatoms. The zero-order chi connectivity index (χ0) is 15.1. The van der Waals surface area contributed by atoms with Gasteiger partial charge in [-0.3, -0.25) is 4.79 Å². The van der Waals surface area contributed by atoms with Gasteiger partial charge in [-0.1, -0.05) is 0 Å². The van der Waals surface area contributed by atoms with Crippen molar-refractivity contribution in [1.82, 2.24) is 20.9 Å². The van der Waals surface area contributed by atoms with E-state index in [1.54, 1.807) is 14.1 Å². The van der Waals surface area contributed by atoms with Crippen LogP contribution in [0.5, 0.6) is 0 Å². The molecule has 0 aromatic rings. The second-order valence-electron chi connectivity index (χ2n) is 4.92. The molecule has 19 heavy (non-hydrogen) atoms. The Morgan fingerprint density at radius 2 is 1.58 bits per heavy atom. The Balaban J connectivity index is 3.78. The van der Waals surface area contributed by atoms with Gasteiger partial charge in [0.25, 0.3) is 0 Å². The Morgan fingerprint density at radius 3 is 2.05 bits per heavy atom. The highest BCUT2D eigenvalue weighted by Gasteiger charge is 2.27. The molecule has 0 saturated carbocycles. The van der Waals surface area contributed by atoms with Crippen molar-refractivity contribution in [2.45, 2.75) is 13.8 Å². The third-order valence-electron chi connectivity index (χ3n) is 2.36. The summed E-state index contributed by atoms with van der Waals surface area (Å²) in [6.07, 6.45) is 0. The fourth-order valence-corrected chi connectivity index (χ4v) is 0.943. The van der Waals surface area contributed by atoms with Crippen LogP contribution in [-0.4, -0.2) is 61.8 Å². The summed E-state index contributed by atoms with van der Waals surface area (Å²) in [5.41, 5.74) is -1.02. The van der Waals surface area contributed by atoms with Gasteiger partial charge < -0.3 is 26.0 Å². The third kappa shape index (κ3) is 7.12. The lowest BCUT2D eigenvalue weighted by molar-refractivity contribution is -0.146. The smallest absolute Gasteiger partial charge is 0.316 e. The van der Waals surface area contributed by atoms with Crippen LogP contribution < -0.4 is 16.0 Å². The Bertz CT molecular complexity index is 342. The molecule has 0 aromatic heterocycles. The van der Waals surface area contributed by atoms with Crippen LogP contribution in [0.3, 0.4) is 0 Å². The van der Waals surface area contributed by atoms with Gasteiger partial charge >= 0.3 is 18.0 Å². The van der Waals surface area contributed by atoms with Gasteiger partial charge in [0.1, 0.15) is 0 Å². The van der Waals surface area contributed by atoms with E-state index < -0.39 is 17.4 Å². The van der Waals surface area contributed by atoms with Crippen LogP contribution >= 0.6 is 0 Å². The van der Waals surface area contributed by atoms with E-state index in [2.05, 4.69) is 16.0 Å². The maximum absolute atomic E-state index is 11.4. The summed E-state index contributed by atoms with van der Waals surface area (Å²) >= 11 is 0. The first kappa shape index (κ1) is 17.0. The van der Waals surface area contributed by atoms with E-state index in [0.717, 1.165) is 0 Å². The molecule has 4 amide bonds. The molecule has 0 bridgehead atoms. The first-order valence-electron chi connectivity index (χ1n) is 5.87. The van der Waals surface area contributed by atoms with Gasteiger partial charge in [-0.2, -0.15) is 0 Å². The largest absolute Gasteiger partial charge is 0.481 e. The van der Waals surface area contributed by atoms with Crippen LogP contribution in [0.2, 0.25) is 0 Å². The molecule has 0 fully saturated rings. The van der Waals surface area contributed by atoms with Crippen LogP contribution in [0.1, 0.15) is 13.8 Å². The first-order chi connectivity index (χ1) is 8.66. The summed E-state index contributed by atoms with van der Waals surface area (Å²) in [6.45, 7) is 3.63. The molecule has 8 nitrogen and oxygen atoms in total. The van der Waals surface area contributed by atoms with E-state index in [9.17, 15) is 14.4 Å². The minimum Gasteiger partial charge on any atom is -0.481 e. The van der Waals surface area contributed by atoms with Crippen molar-refractivity contribution in [1.29, 1.82) is 0 Å². The molecule has 4 N–H and O–H groups in total. The number of carbonyl (C=O) groups is 3. The molecule has 0 radical (unpaired) electrons. The second-order valence-corrected chi connectivity index (χ2v) is 4.92. The first-order valence-corrected chi connectivity index (χ1v) is 5.87. The maximum atomic E-state index is 11.4. The molecule has 0 aliphatic heterocycles. The quantitative estimate of drug-likeness (QED) is 0.497. The number of rotatable bonds is 6. The molecule has 0 heterocycles. The fraction of sp³-hybridized carbons (Fsp3) is 0.727. The summed E-state index contributed by atoms with van der Waals surface area (Å²) in [6, 6.07) is -0.706. The number of carbonyl (C=O) groups excluding carboxylic acids is 2. The van der Waals surface area contributed by atoms with E-state index in [0.29, 0.717) is 6.54 Å². The SMILES string of the molecule is CN(C)C(=O)NCCNC(=O)NCC(C)(C)C(=O)O. The average Bonchev–Trinajstić information content (AvgIpc) is 2.31. The summed E-state index contributed by atoms with van der Waals surface area (Å²) < 4.78 is 0. The van der Waals surface area contributed by atoms with E-state index in [1.165, 1.54) is 18.7 Å². The molecule has 0 atom stereocenters. The molecule has 0 aliphatic carbocycles. The number of hydrogen-bond acceptors (Lipinski definition) is 3. The summed E-state index contributed by atoms with van der Waals surface area (Å²) in [4.78, 5) is 34.7. The van der Waals surface area contributed by atoms with Crippen LogP contribution in [0, 0.1) is 5.41 Å². The fourth-order valence-electron chi connectivity index (χ4n) is 0.943. The van der Waals surface area contributed by atoms with Gasteiger partial charge in [0.05, 0.1) is 5.41 Å². The van der Waals surface area contributed by atoms with Crippen LogP contribution in [0.4, 0.5) is 9.59 Å². The van der Waals surface area contributed by atoms with Crippen molar-refractivity contribution in [2.24, 2.45) is 5.41 Å². The highest BCUT2D eigenvalue weighted by Crippen LogP contribution is 2.12. The minimum atomic E-state index is -1.02. The van der Waals surface area contributed by atoms with Crippen LogP contribution in [0.15, 0.2) is 0 Å². The lowest BCUT2D eigenvalue weighted by Crippen LogP contribution is -2.46. The number of amides is 4. The van der Waals surface area contributed by atoms with E-state index in [-0.39, 0.29) is 19.1 Å². The lowest BCUT2D eigenvalue weighted by atomic mass is 9.94. The Kier molecular flexibility index (Phi) is 6.67. The van der Waals surface area contributed by atoms with Crippen molar-refractivity contribution in [3.05, 3.63) is 0 Å². The molecule has 0 aliphatic rings. The van der Waals surface area contributed by atoms with Crippen molar-refractivity contribution in [2.75, 3.05) is 33.7 Å². The number of carboxylic acids is 1. The van der Waals surface area contributed by atoms with Gasteiger partial charge in [0.15, 0.2) is 0 Å². The molecule has 0 unspecified atom stereocenters. The topological polar surface area (TPSA) is 111 Å². The van der Waals surface area contributed by atoms with Crippen molar-refractivity contribution in [3.8, 4) is 0 Å². The number of aliphatic carboxylic acids is 1. The third-order valence-corrected chi connectivity index (χ3v) is 2.36. The van der Waals surface area contributed by atoms with Crippen molar-refractivity contribution in [3.63, 3.8) is 0 Å². The zero-order valence-electron chi connectivity index (χ0n) is 11.7. The summed E-state index contributed by atoms with van der Waals surface area (Å²) in [5, 5.41) is 16.4. The number of hydrogen-bond donors (Lipinski definition) is 4. The molecule has 110 valence electrons. The van der Waals surface area contributed by atoms with Gasteiger partial charge in [-0.15, -0.1) is 0 Å². The Hall–Kier alpha value is -1.99. The number of carboxylic acid groups (broad SMARTS) is 1. The lowest BCUT2D eigenvalue weighted by Gasteiger charge is -2.19. The molecule has 0 rings (SSSR count). The summed E-state index contributed by atoms with van der Waals surface area (Å²) in [7, 11) is 3.23. The van der Waals surface area contributed by atoms with Gasteiger partial charge in [0, 0.05) is 33.7 Å². The predicted octanol–water partition coefficient (Wildman–Crippen LogP) is -0.332. The van der Waals surface area contributed by atoms with Gasteiger partial charge in [-0.05, 0) is 13.8 Å². The Morgan fingerprint density at radius 1 is 1.05 bits per heavy atom. The molecule has 0 saturated heterocycles. The highest BCUT2D eigenvalue weighted by molar-refractivity contribution is 5.77. The normalized spacial score (nSPS) is 10.5. The maximum Gasteiger partial charge on any atom is 0.316 e. The van der Waals surface area contributed by atoms with E-state index >= 15 is 0 Å². The van der Waals surface area contributed by atoms with Crippen molar-refractivity contribution < 1.29 is 19.5 Å². The number of urea groups is 2. The molecule has 0 aromatic carbocycles. The number of nitrogens with one attached hydrogen (secondary N) is 3. The van der Waals surface area contributed by atoms with Crippen LogP contribution in [0.25, 0.3) is 0 Å². The zero-order valence-corrected chi connectivity index (χ0v) is 11.7. The molecular formula is C11H22N4O4.